The van der Waals surface area contributed by atoms with Gasteiger partial charge in [0, 0.05) is 50.3 Å². The van der Waals surface area contributed by atoms with Crippen LogP contribution in [0.1, 0.15) is 33.1 Å². The van der Waals surface area contributed by atoms with Crippen LogP contribution in [0.4, 0.5) is 0 Å². The van der Waals surface area contributed by atoms with Crippen molar-refractivity contribution in [2.75, 3.05) is 26.2 Å². The van der Waals surface area contributed by atoms with Gasteiger partial charge in [0.2, 0.25) is 0 Å². The molecule has 92 valence electrons. The van der Waals surface area contributed by atoms with Gasteiger partial charge in [0.15, 0.2) is 0 Å². The molecule has 1 N–H and O–H groups in total. The summed E-state index contributed by atoms with van der Waals surface area (Å²) in [4.78, 5) is 5.45. The molecular formula is C13H25N3. The third kappa shape index (κ3) is 2.27. The summed E-state index contributed by atoms with van der Waals surface area (Å²) < 4.78 is 0. The van der Waals surface area contributed by atoms with E-state index in [1.165, 1.54) is 45.4 Å². The highest BCUT2D eigenvalue weighted by atomic mass is 15.3. The predicted molar refractivity (Wildman–Crippen MR) is 66.6 cm³/mol. The summed E-state index contributed by atoms with van der Waals surface area (Å²) in [6.45, 7) is 9.81. The van der Waals surface area contributed by atoms with Crippen LogP contribution < -0.4 is 5.32 Å². The molecule has 0 bridgehead atoms. The fourth-order valence-electron chi connectivity index (χ4n) is 3.50. The first-order valence-corrected chi connectivity index (χ1v) is 6.96. The Kier molecular flexibility index (Phi) is 2.94. The van der Waals surface area contributed by atoms with E-state index in [0.717, 1.165) is 12.1 Å². The third-order valence-corrected chi connectivity index (χ3v) is 4.36. The standard InChI is InChI=1S/C13H25N3/c1-10-7-16(8-11(2)14-10)13-5-6-15(9-13)12-3-4-12/h10-14H,3-9H2,1-2H3. The molecule has 3 atom stereocenters. The fraction of sp³-hybridized carbons (Fsp3) is 1.00. The molecule has 0 aromatic heterocycles. The molecule has 3 fully saturated rings. The van der Waals surface area contributed by atoms with Crippen molar-refractivity contribution in [1.29, 1.82) is 0 Å². The van der Waals surface area contributed by atoms with E-state index < -0.39 is 0 Å². The van der Waals surface area contributed by atoms with Crippen molar-refractivity contribution in [2.45, 2.75) is 57.3 Å². The zero-order valence-electron chi connectivity index (χ0n) is 10.7. The molecule has 3 nitrogen and oxygen atoms in total. The van der Waals surface area contributed by atoms with Gasteiger partial charge in [-0.05, 0) is 33.1 Å². The lowest BCUT2D eigenvalue weighted by Gasteiger charge is -2.39. The van der Waals surface area contributed by atoms with Crippen LogP contribution in [0.5, 0.6) is 0 Å². The first-order chi connectivity index (χ1) is 7.72. The molecule has 0 spiro atoms. The van der Waals surface area contributed by atoms with Crippen LogP contribution in [0, 0.1) is 0 Å². The highest BCUT2D eigenvalue weighted by Gasteiger charge is 2.37. The maximum atomic E-state index is 3.62. The second kappa shape index (κ2) is 4.28. The van der Waals surface area contributed by atoms with Crippen LogP contribution in [-0.4, -0.2) is 60.1 Å². The van der Waals surface area contributed by atoms with Crippen molar-refractivity contribution in [3.8, 4) is 0 Å². The SMILES string of the molecule is CC1CN(C2CCN(C3CC3)C2)CC(C)N1. The highest BCUT2D eigenvalue weighted by molar-refractivity contribution is 4.95. The third-order valence-electron chi connectivity index (χ3n) is 4.36. The van der Waals surface area contributed by atoms with E-state index in [1.807, 2.05) is 0 Å². The first-order valence-electron chi connectivity index (χ1n) is 6.96. The van der Waals surface area contributed by atoms with E-state index in [1.54, 1.807) is 0 Å². The van der Waals surface area contributed by atoms with Gasteiger partial charge in [-0.3, -0.25) is 9.80 Å². The molecule has 3 unspecified atom stereocenters. The Hall–Kier alpha value is -0.120. The summed E-state index contributed by atoms with van der Waals surface area (Å²) >= 11 is 0. The Bertz CT molecular complexity index is 242. The maximum Gasteiger partial charge on any atom is 0.0236 e. The van der Waals surface area contributed by atoms with Crippen LogP contribution in [-0.2, 0) is 0 Å². The van der Waals surface area contributed by atoms with Gasteiger partial charge in [0.05, 0.1) is 0 Å². The monoisotopic (exact) mass is 223 g/mol. The molecule has 3 rings (SSSR count). The van der Waals surface area contributed by atoms with Gasteiger partial charge in [-0.1, -0.05) is 0 Å². The molecule has 3 aliphatic rings. The lowest BCUT2D eigenvalue weighted by atomic mass is 10.1. The van der Waals surface area contributed by atoms with Gasteiger partial charge in [-0.2, -0.15) is 0 Å². The largest absolute Gasteiger partial charge is 0.309 e. The Morgan fingerprint density at radius 2 is 1.50 bits per heavy atom. The van der Waals surface area contributed by atoms with Crippen LogP contribution >= 0.6 is 0 Å². The fourth-order valence-corrected chi connectivity index (χ4v) is 3.50. The predicted octanol–water partition coefficient (Wildman–Crippen LogP) is 0.905. The highest BCUT2D eigenvalue weighted by Crippen LogP contribution is 2.31. The number of hydrogen-bond donors (Lipinski definition) is 1. The zero-order valence-corrected chi connectivity index (χ0v) is 10.7. The maximum absolute atomic E-state index is 3.62. The van der Waals surface area contributed by atoms with Crippen LogP contribution in [0.15, 0.2) is 0 Å². The van der Waals surface area contributed by atoms with Gasteiger partial charge < -0.3 is 5.32 Å². The minimum Gasteiger partial charge on any atom is -0.309 e. The van der Waals surface area contributed by atoms with E-state index in [9.17, 15) is 0 Å². The Labute approximate surface area is 99.2 Å². The summed E-state index contributed by atoms with van der Waals surface area (Å²) in [5.41, 5.74) is 0. The molecular weight excluding hydrogens is 198 g/mol. The number of hydrogen-bond acceptors (Lipinski definition) is 3. The van der Waals surface area contributed by atoms with Gasteiger partial charge in [-0.15, -0.1) is 0 Å². The second-order valence-corrected chi connectivity index (χ2v) is 6.09. The lowest BCUT2D eigenvalue weighted by Crippen LogP contribution is -2.57. The average Bonchev–Trinajstić information content (AvgIpc) is 2.95. The molecule has 0 radical (unpaired) electrons. The molecule has 0 aromatic rings. The second-order valence-electron chi connectivity index (χ2n) is 6.09. The summed E-state index contributed by atoms with van der Waals surface area (Å²) in [5, 5.41) is 3.62. The average molecular weight is 223 g/mol. The lowest BCUT2D eigenvalue weighted by molar-refractivity contribution is 0.123. The summed E-state index contributed by atoms with van der Waals surface area (Å²) in [7, 11) is 0. The van der Waals surface area contributed by atoms with Gasteiger partial charge >= 0.3 is 0 Å². The van der Waals surface area contributed by atoms with Gasteiger partial charge in [0.25, 0.3) is 0 Å². The number of nitrogens with one attached hydrogen (secondary N) is 1. The minimum absolute atomic E-state index is 0.665. The number of likely N-dealkylation sites (tertiary alicyclic amines) is 1. The van der Waals surface area contributed by atoms with Crippen molar-refractivity contribution in [2.24, 2.45) is 0 Å². The van der Waals surface area contributed by atoms with E-state index in [0.29, 0.717) is 12.1 Å². The molecule has 0 aromatic carbocycles. The minimum atomic E-state index is 0.665. The Morgan fingerprint density at radius 3 is 2.12 bits per heavy atom. The summed E-state index contributed by atoms with van der Waals surface area (Å²) in [6.07, 6.45) is 4.32. The van der Waals surface area contributed by atoms with Crippen molar-refractivity contribution in [3.05, 3.63) is 0 Å². The summed E-state index contributed by atoms with van der Waals surface area (Å²) in [5.74, 6) is 0. The Balaban J connectivity index is 1.56. The van der Waals surface area contributed by atoms with Crippen molar-refractivity contribution >= 4 is 0 Å². The Morgan fingerprint density at radius 1 is 0.812 bits per heavy atom. The smallest absolute Gasteiger partial charge is 0.0236 e. The molecule has 2 heterocycles. The topological polar surface area (TPSA) is 18.5 Å². The van der Waals surface area contributed by atoms with Crippen LogP contribution in [0.2, 0.25) is 0 Å². The van der Waals surface area contributed by atoms with Crippen molar-refractivity contribution < 1.29 is 0 Å². The number of piperazine rings is 1. The van der Waals surface area contributed by atoms with Crippen LogP contribution in [0.25, 0.3) is 0 Å². The van der Waals surface area contributed by atoms with E-state index in [4.69, 9.17) is 0 Å². The van der Waals surface area contributed by atoms with Crippen molar-refractivity contribution in [3.63, 3.8) is 0 Å². The van der Waals surface area contributed by atoms with Crippen LogP contribution in [0.3, 0.4) is 0 Å². The van der Waals surface area contributed by atoms with E-state index in [2.05, 4.69) is 29.0 Å². The van der Waals surface area contributed by atoms with Gasteiger partial charge in [0.1, 0.15) is 0 Å². The molecule has 2 saturated heterocycles. The van der Waals surface area contributed by atoms with Gasteiger partial charge in [-0.25, -0.2) is 0 Å². The first kappa shape index (κ1) is 11.0. The molecule has 3 heteroatoms. The molecule has 16 heavy (non-hydrogen) atoms. The molecule has 1 saturated carbocycles. The van der Waals surface area contributed by atoms with E-state index in [-0.39, 0.29) is 0 Å². The summed E-state index contributed by atoms with van der Waals surface area (Å²) in [6, 6.07) is 3.13. The quantitative estimate of drug-likeness (QED) is 0.750. The molecule has 1 aliphatic carbocycles. The van der Waals surface area contributed by atoms with E-state index >= 15 is 0 Å². The number of nitrogens with zero attached hydrogens (tertiary/aromatic N) is 2. The van der Waals surface area contributed by atoms with Crippen molar-refractivity contribution in [1.82, 2.24) is 15.1 Å². The molecule has 2 aliphatic heterocycles. The normalized spacial score (nSPS) is 42.8. The number of rotatable bonds is 2. The zero-order chi connectivity index (χ0) is 11.1. The molecule has 0 amide bonds.